The summed E-state index contributed by atoms with van der Waals surface area (Å²) in [4.78, 5) is 11.0. The Morgan fingerprint density at radius 3 is 2.43 bits per heavy atom. The molecule has 0 saturated heterocycles. The van der Waals surface area contributed by atoms with Gasteiger partial charge in [0.1, 0.15) is 0 Å². The molecule has 1 aliphatic carbocycles. The second kappa shape index (κ2) is 4.91. The molecule has 1 aromatic rings. The van der Waals surface area contributed by atoms with Gasteiger partial charge in [0.15, 0.2) is 0 Å². The van der Waals surface area contributed by atoms with Gasteiger partial charge in [-0.2, -0.15) is 13.2 Å². The monoisotopic (exact) mass is 303 g/mol. The molecule has 116 valence electrons. The lowest BCUT2D eigenvalue weighted by atomic mass is 9.64. The van der Waals surface area contributed by atoms with E-state index >= 15 is 0 Å². The summed E-state index contributed by atoms with van der Waals surface area (Å²) < 4.78 is 38.2. The SMILES string of the molecule is CC1(C)C(O)CC1Nc1ccc(C(F)(F)F)c(C(=O)O)c1. The van der Waals surface area contributed by atoms with Crippen LogP contribution in [0.2, 0.25) is 0 Å². The van der Waals surface area contributed by atoms with Crippen LogP contribution in [0.4, 0.5) is 18.9 Å². The zero-order valence-electron chi connectivity index (χ0n) is 11.5. The number of nitrogens with one attached hydrogen (secondary N) is 1. The highest BCUT2D eigenvalue weighted by molar-refractivity contribution is 5.91. The van der Waals surface area contributed by atoms with Gasteiger partial charge in [0, 0.05) is 17.1 Å². The molecule has 1 saturated carbocycles. The lowest BCUT2D eigenvalue weighted by molar-refractivity contribution is -0.138. The number of hydrogen-bond donors (Lipinski definition) is 3. The van der Waals surface area contributed by atoms with Crippen LogP contribution in [0.5, 0.6) is 0 Å². The van der Waals surface area contributed by atoms with Crippen LogP contribution in [0.3, 0.4) is 0 Å². The first-order valence-electron chi connectivity index (χ1n) is 6.42. The highest BCUT2D eigenvalue weighted by Crippen LogP contribution is 2.42. The highest BCUT2D eigenvalue weighted by atomic mass is 19.4. The van der Waals surface area contributed by atoms with E-state index in [4.69, 9.17) is 5.11 Å². The molecule has 0 heterocycles. The minimum absolute atomic E-state index is 0.120. The molecule has 0 aromatic heterocycles. The summed E-state index contributed by atoms with van der Waals surface area (Å²) in [6.07, 6.45) is -4.72. The molecule has 0 amide bonds. The molecule has 0 spiro atoms. The molecule has 2 unspecified atom stereocenters. The van der Waals surface area contributed by atoms with Crippen LogP contribution in [-0.2, 0) is 6.18 Å². The van der Waals surface area contributed by atoms with Gasteiger partial charge in [-0.3, -0.25) is 0 Å². The lowest BCUT2D eigenvalue weighted by Gasteiger charge is -2.49. The largest absolute Gasteiger partial charge is 0.478 e. The first kappa shape index (κ1) is 15.6. The second-order valence-electron chi connectivity index (χ2n) is 5.83. The third-order valence-electron chi connectivity index (χ3n) is 4.11. The van der Waals surface area contributed by atoms with E-state index in [9.17, 15) is 23.1 Å². The molecule has 4 nitrogen and oxygen atoms in total. The van der Waals surface area contributed by atoms with Crippen LogP contribution in [0.25, 0.3) is 0 Å². The fourth-order valence-corrected chi connectivity index (χ4v) is 2.41. The van der Waals surface area contributed by atoms with Gasteiger partial charge in [-0.05, 0) is 24.6 Å². The van der Waals surface area contributed by atoms with Gasteiger partial charge in [-0.25, -0.2) is 4.79 Å². The molecule has 2 atom stereocenters. The van der Waals surface area contributed by atoms with Gasteiger partial charge in [0.2, 0.25) is 0 Å². The molecule has 0 radical (unpaired) electrons. The number of hydrogen-bond acceptors (Lipinski definition) is 3. The normalized spacial score (nSPS) is 24.3. The van der Waals surface area contributed by atoms with Crippen molar-refractivity contribution in [2.45, 2.75) is 38.6 Å². The maximum Gasteiger partial charge on any atom is 0.417 e. The molecule has 2 rings (SSSR count). The average molecular weight is 303 g/mol. The number of alkyl halides is 3. The van der Waals surface area contributed by atoms with Gasteiger partial charge in [0.05, 0.1) is 17.2 Å². The predicted octanol–water partition coefficient (Wildman–Crippen LogP) is 2.97. The smallest absolute Gasteiger partial charge is 0.417 e. The Kier molecular flexibility index (Phi) is 3.65. The Morgan fingerprint density at radius 1 is 1.38 bits per heavy atom. The van der Waals surface area contributed by atoms with Gasteiger partial charge < -0.3 is 15.5 Å². The van der Waals surface area contributed by atoms with Gasteiger partial charge in [0.25, 0.3) is 0 Å². The fourth-order valence-electron chi connectivity index (χ4n) is 2.41. The van der Waals surface area contributed by atoms with Crippen molar-refractivity contribution in [3.05, 3.63) is 29.3 Å². The van der Waals surface area contributed by atoms with Gasteiger partial charge >= 0.3 is 12.1 Å². The van der Waals surface area contributed by atoms with E-state index < -0.39 is 34.8 Å². The third kappa shape index (κ3) is 2.83. The number of aromatic carboxylic acids is 1. The zero-order chi connectivity index (χ0) is 16.0. The number of anilines is 1. The maximum atomic E-state index is 12.7. The number of benzene rings is 1. The van der Waals surface area contributed by atoms with E-state index in [1.165, 1.54) is 6.07 Å². The number of rotatable bonds is 3. The summed E-state index contributed by atoms with van der Waals surface area (Å²) in [5.74, 6) is -1.63. The lowest BCUT2D eigenvalue weighted by Crippen LogP contribution is -2.56. The summed E-state index contributed by atoms with van der Waals surface area (Å²) in [6, 6.07) is 2.82. The topological polar surface area (TPSA) is 69.6 Å². The van der Waals surface area contributed by atoms with Crippen molar-refractivity contribution in [3.63, 3.8) is 0 Å². The van der Waals surface area contributed by atoms with Crippen LogP contribution in [0.1, 0.15) is 36.2 Å². The number of carboxylic acid groups (broad SMARTS) is 1. The van der Waals surface area contributed by atoms with Crippen molar-refractivity contribution in [1.29, 1.82) is 0 Å². The number of halogens is 3. The summed E-state index contributed by atoms with van der Waals surface area (Å²) in [6.45, 7) is 3.67. The zero-order valence-corrected chi connectivity index (χ0v) is 11.5. The fraction of sp³-hybridized carbons (Fsp3) is 0.500. The van der Waals surface area contributed by atoms with Crippen molar-refractivity contribution in [2.75, 3.05) is 5.32 Å². The van der Waals surface area contributed by atoms with E-state index in [1.807, 2.05) is 13.8 Å². The molecular formula is C14H16F3NO3. The second-order valence-corrected chi connectivity index (χ2v) is 5.83. The Hall–Kier alpha value is -1.76. The quantitative estimate of drug-likeness (QED) is 0.803. The van der Waals surface area contributed by atoms with E-state index in [-0.39, 0.29) is 6.04 Å². The van der Waals surface area contributed by atoms with Crippen LogP contribution >= 0.6 is 0 Å². The minimum Gasteiger partial charge on any atom is -0.478 e. The van der Waals surface area contributed by atoms with Crippen LogP contribution < -0.4 is 5.32 Å². The van der Waals surface area contributed by atoms with Crippen LogP contribution in [-0.4, -0.2) is 28.3 Å². The minimum atomic E-state index is -4.71. The molecule has 0 aliphatic heterocycles. The number of carboxylic acids is 1. The van der Waals surface area contributed by atoms with Crippen molar-refractivity contribution in [3.8, 4) is 0 Å². The van der Waals surface area contributed by atoms with E-state index in [0.717, 1.165) is 12.1 Å². The number of aliphatic hydroxyl groups is 1. The first-order chi connectivity index (χ1) is 9.53. The highest BCUT2D eigenvalue weighted by Gasteiger charge is 2.47. The molecule has 1 aromatic carbocycles. The van der Waals surface area contributed by atoms with Gasteiger partial charge in [-0.1, -0.05) is 13.8 Å². The number of carbonyl (C=O) groups is 1. The summed E-state index contributed by atoms with van der Waals surface area (Å²) >= 11 is 0. The van der Waals surface area contributed by atoms with Crippen molar-refractivity contribution in [2.24, 2.45) is 5.41 Å². The molecular weight excluding hydrogens is 287 g/mol. The third-order valence-corrected chi connectivity index (χ3v) is 4.11. The Balaban J connectivity index is 2.28. The standard InChI is InChI=1S/C14H16F3NO3/c1-13(2)10(6-11(13)19)18-7-3-4-9(14(15,16)17)8(5-7)12(20)21/h3-5,10-11,18-19H,6H2,1-2H3,(H,20,21). The van der Waals surface area contributed by atoms with E-state index in [1.54, 1.807) is 0 Å². The van der Waals surface area contributed by atoms with Crippen molar-refractivity contribution >= 4 is 11.7 Å². The van der Waals surface area contributed by atoms with Crippen LogP contribution in [0.15, 0.2) is 18.2 Å². The molecule has 1 aliphatic rings. The Labute approximate surface area is 119 Å². The molecule has 1 fully saturated rings. The van der Waals surface area contributed by atoms with Crippen LogP contribution in [0, 0.1) is 5.41 Å². The summed E-state index contributed by atoms with van der Waals surface area (Å²) in [7, 11) is 0. The van der Waals surface area contributed by atoms with E-state index in [2.05, 4.69) is 5.32 Å². The van der Waals surface area contributed by atoms with Crippen molar-refractivity contribution in [1.82, 2.24) is 0 Å². The van der Waals surface area contributed by atoms with Gasteiger partial charge in [-0.15, -0.1) is 0 Å². The molecule has 0 bridgehead atoms. The Bertz CT molecular complexity index is 569. The predicted molar refractivity (Wildman–Crippen MR) is 70.2 cm³/mol. The molecule has 21 heavy (non-hydrogen) atoms. The maximum absolute atomic E-state index is 12.7. The Morgan fingerprint density at radius 2 is 2.00 bits per heavy atom. The first-order valence-corrected chi connectivity index (χ1v) is 6.42. The summed E-state index contributed by atoms with van der Waals surface area (Å²) in [5, 5.41) is 21.6. The molecule has 3 N–H and O–H groups in total. The average Bonchev–Trinajstić information content (AvgIpc) is 2.37. The summed E-state index contributed by atoms with van der Waals surface area (Å²) in [5.41, 5.74) is -2.07. The van der Waals surface area contributed by atoms with E-state index in [0.29, 0.717) is 12.1 Å². The number of aliphatic hydroxyl groups excluding tert-OH is 1. The van der Waals surface area contributed by atoms with Crippen molar-refractivity contribution < 1.29 is 28.2 Å². The molecule has 7 heteroatoms.